The highest BCUT2D eigenvalue weighted by Gasteiger charge is 2.18. The maximum absolute atomic E-state index is 10.8. The summed E-state index contributed by atoms with van der Waals surface area (Å²) in [5.41, 5.74) is 5.49. The van der Waals surface area contributed by atoms with Crippen LogP contribution in [0.5, 0.6) is 0 Å². The number of rotatable bonds is 7. The summed E-state index contributed by atoms with van der Waals surface area (Å²) in [5.74, 6) is -2.77. The average Bonchev–Trinajstić information content (AvgIpc) is 2.25. The fraction of sp³-hybridized carbons (Fsp3) is 0.556. The Balaban J connectivity index is 4.33. The van der Waals surface area contributed by atoms with Crippen LogP contribution in [0.3, 0.4) is 0 Å². The van der Waals surface area contributed by atoms with Gasteiger partial charge in [0.15, 0.2) is 0 Å². The normalized spacial score (nSPS) is 12.6. The number of guanidine groups is 1. The van der Waals surface area contributed by atoms with Gasteiger partial charge in [0.2, 0.25) is 11.9 Å². The van der Waals surface area contributed by atoms with Crippen LogP contribution in [0.1, 0.15) is 6.92 Å². The number of nitrogens with one attached hydrogen (secondary N) is 1. The molecule has 108 valence electrons. The van der Waals surface area contributed by atoms with Crippen LogP contribution >= 0.6 is 11.9 Å². The van der Waals surface area contributed by atoms with E-state index in [0.29, 0.717) is 0 Å². The second kappa shape index (κ2) is 8.19. The molecule has 0 aromatic heterocycles. The zero-order valence-electron chi connectivity index (χ0n) is 10.5. The third-order valence-corrected chi connectivity index (χ3v) is 2.64. The SMILES string of the molecule is CC(=O)N[C@H](CS/N=C(\N)N(C)CC(=O)O)C(=O)O. The number of nitrogens with two attached hydrogens (primary N) is 1. The van der Waals surface area contributed by atoms with Gasteiger partial charge in [-0.3, -0.25) is 9.59 Å². The third kappa shape index (κ3) is 7.86. The average molecular weight is 292 g/mol. The van der Waals surface area contributed by atoms with E-state index in [0.717, 1.165) is 11.9 Å². The lowest BCUT2D eigenvalue weighted by Crippen LogP contribution is -2.41. The molecule has 5 N–H and O–H groups in total. The first kappa shape index (κ1) is 17.0. The van der Waals surface area contributed by atoms with Crippen molar-refractivity contribution >= 4 is 35.8 Å². The van der Waals surface area contributed by atoms with Crippen molar-refractivity contribution in [3.05, 3.63) is 0 Å². The molecule has 0 spiro atoms. The molecule has 1 atom stereocenters. The van der Waals surface area contributed by atoms with E-state index in [1.54, 1.807) is 0 Å². The Morgan fingerprint density at radius 1 is 1.42 bits per heavy atom. The fourth-order valence-corrected chi connectivity index (χ4v) is 1.67. The van der Waals surface area contributed by atoms with Crippen LogP contribution in [-0.4, -0.2) is 64.3 Å². The summed E-state index contributed by atoms with van der Waals surface area (Å²) in [5, 5.41) is 19.6. The number of amides is 1. The van der Waals surface area contributed by atoms with Gasteiger partial charge in [-0.1, -0.05) is 0 Å². The van der Waals surface area contributed by atoms with Gasteiger partial charge in [-0.15, -0.1) is 0 Å². The Hall–Kier alpha value is -1.97. The van der Waals surface area contributed by atoms with Crippen LogP contribution < -0.4 is 11.1 Å². The molecule has 9 nitrogen and oxygen atoms in total. The maximum Gasteiger partial charge on any atom is 0.327 e. The van der Waals surface area contributed by atoms with E-state index >= 15 is 0 Å². The van der Waals surface area contributed by atoms with E-state index in [1.165, 1.54) is 18.9 Å². The van der Waals surface area contributed by atoms with Crippen LogP contribution in [0.15, 0.2) is 4.40 Å². The van der Waals surface area contributed by atoms with Crippen molar-refractivity contribution in [3.63, 3.8) is 0 Å². The van der Waals surface area contributed by atoms with Crippen LogP contribution in [0.4, 0.5) is 0 Å². The van der Waals surface area contributed by atoms with Crippen molar-refractivity contribution < 1.29 is 24.6 Å². The summed E-state index contributed by atoms with van der Waals surface area (Å²) < 4.78 is 3.77. The van der Waals surface area contributed by atoms with Gasteiger partial charge >= 0.3 is 11.9 Å². The van der Waals surface area contributed by atoms with Crippen molar-refractivity contribution in [1.29, 1.82) is 0 Å². The van der Waals surface area contributed by atoms with Gasteiger partial charge < -0.3 is 26.2 Å². The monoisotopic (exact) mass is 292 g/mol. The molecule has 0 aromatic rings. The van der Waals surface area contributed by atoms with Gasteiger partial charge in [-0.2, -0.15) is 4.40 Å². The Morgan fingerprint density at radius 2 is 2.00 bits per heavy atom. The Bertz CT molecular complexity index is 387. The molecular weight excluding hydrogens is 276 g/mol. The Labute approximate surface area is 114 Å². The van der Waals surface area contributed by atoms with Gasteiger partial charge in [-0.25, -0.2) is 4.79 Å². The minimum atomic E-state index is -1.18. The third-order valence-electron chi connectivity index (χ3n) is 1.84. The van der Waals surface area contributed by atoms with Crippen molar-refractivity contribution in [1.82, 2.24) is 10.2 Å². The first-order chi connectivity index (χ1) is 8.73. The van der Waals surface area contributed by atoms with Crippen LogP contribution in [0.2, 0.25) is 0 Å². The molecule has 0 fully saturated rings. The summed E-state index contributed by atoms with van der Waals surface area (Å²) >= 11 is 0.828. The number of aliphatic carboxylic acids is 2. The van der Waals surface area contributed by atoms with Gasteiger partial charge in [0.1, 0.15) is 12.6 Å². The van der Waals surface area contributed by atoms with E-state index in [9.17, 15) is 14.4 Å². The van der Waals surface area contributed by atoms with Gasteiger partial charge in [-0.05, 0) is 11.9 Å². The van der Waals surface area contributed by atoms with E-state index in [2.05, 4.69) is 9.71 Å². The molecule has 0 bridgehead atoms. The lowest BCUT2D eigenvalue weighted by Gasteiger charge is -2.15. The van der Waals surface area contributed by atoms with Crippen molar-refractivity contribution in [3.8, 4) is 0 Å². The molecule has 19 heavy (non-hydrogen) atoms. The lowest BCUT2D eigenvalue weighted by atomic mass is 10.3. The lowest BCUT2D eigenvalue weighted by molar-refractivity contribution is -0.140. The first-order valence-corrected chi connectivity index (χ1v) is 6.06. The van der Waals surface area contributed by atoms with E-state index < -0.39 is 23.9 Å². The fourth-order valence-electron chi connectivity index (χ4n) is 0.952. The summed E-state index contributed by atoms with van der Waals surface area (Å²) in [6.45, 7) is 0.892. The smallest absolute Gasteiger partial charge is 0.327 e. The number of hydrogen-bond acceptors (Lipinski definition) is 5. The van der Waals surface area contributed by atoms with Gasteiger partial charge in [0.25, 0.3) is 0 Å². The molecule has 0 saturated heterocycles. The minimum Gasteiger partial charge on any atom is -0.480 e. The second-order valence-corrected chi connectivity index (χ2v) is 4.36. The van der Waals surface area contributed by atoms with Crippen LogP contribution in [0, 0.1) is 0 Å². The summed E-state index contributed by atoms with van der Waals surface area (Å²) in [6, 6.07) is -1.08. The predicted molar refractivity (Wildman–Crippen MR) is 69.6 cm³/mol. The zero-order chi connectivity index (χ0) is 15.0. The molecule has 0 saturated carbocycles. The number of nitrogens with zero attached hydrogens (tertiary/aromatic N) is 2. The van der Waals surface area contributed by atoms with Crippen molar-refractivity contribution in [2.75, 3.05) is 19.3 Å². The number of hydrogen-bond donors (Lipinski definition) is 4. The van der Waals surface area contributed by atoms with Crippen LogP contribution in [-0.2, 0) is 14.4 Å². The van der Waals surface area contributed by atoms with Crippen LogP contribution in [0.25, 0.3) is 0 Å². The molecule has 0 radical (unpaired) electrons. The highest BCUT2D eigenvalue weighted by molar-refractivity contribution is 7.98. The van der Waals surface area contributed by atoms with Gasteiger partial charge in [0, 0.05) is 19.7 Å². The molecule has 0 rings (SSSR count). The molecule has 10 heteroatoms. The largest absolute Gasteiger partial charge is 0.480 e. The molecule has 0 heterocycles. The molecule has 0 aliphatic carbocycles. The first-order valence-electron chi connectivity index (χ1n) is 5.12. The molecule has 0 unspecified atom stereocenters. The number of carboxylic acid groups (broad SMARTS) is 2. The van der Waals surface area contributed by atoms with Crippen molar-refractivity contribution in [2.45, 2.75) is 13.0 Å². The molecular formula is C9H16N4O5S. The zero-order valence-corrected chi connectivity index (χ0v) is 11.3. The molecule has 1 amide bonds. The molecule has 0 aliphatic rings. The van der Waals surface area contributed by atoms with Gasteiger partial charge in [0.05, 0.1) is 0 Å². The minimum absolute atomic E-state index is 0.0173. The molecule has 0 aromatic carbocycles. The Kier molecular flexibility index (Phi) is 7.34. The number of carbonyl (C=O) groups is 3. The quantitative estimate of drug-likeness (QED) is 0.253. The number of carboxylic acids is 2. The van der Waals surface area contributed by atoms with E-state index in [4.69, 9.17) is 15.9 Å². The van der Waals surface area contributed by atoms with Crippen molar-refractivity contribution in [2.24, 2.45) is 10.1 Å². The summed E-state index contributed by atoms with van der Waals surface area (Å²) in [6.07, 6.45) is 0. The standard InChI is InChI=1S/C9H16N4O5S/c1-5(14)11-6(8(17)18)4-19-12-9(10)13(2)3-7(15)16/h6H,3-4H2,1-2H3,(H2,10,12)(H,11,14)(H,15,16)(H,17,18)/t6-/m1/s1. The highest BCUT2D eigenvalue weighted by Crippen LogP contribution is 2.05. The number of likely N-dealkylation sites (N-methyl/N-ethyl adjacent to an activating group) is 1. The summed E-state index contributed by atoms with van der Waals surface area (Å²) in [4.78, 5) is 33.2. The highest BCUT2D eigenvalue weighted by atomic mass is 32.2. The number of carbonyl (C=O) groups excluding carboxylic acids is 1. The molecule has 0 aliphatic heterocycles. The van der Waals surface area contributed by atoms with E-state index in [1.807, 2.05) is 0 Å². The maximum atomic E-state index is 10.8. The summed E-state index contributed by atoms with van der Waals surface area (Å²) in [7, 11) is 1.44. The second-order valence-electron chi connectivity index (χ2n) is 3.59. The topological polar surface area (TPSA) is 145 Å². The van der Waals surface area contributed by atoms with E-state index in [-0.39, 0.29) is 18.3 Å². The Morgan fingerprint density at radius 3 is 2.42 bits per heavy atom. The predicted octanol–water partition coefficient (Wildman–Crippen LogP) is -1.44.